The lowest BCUT2D eigenvalue weighted by Crippen LogP contribution is -2.30. The average molecular weight is 300 g/mol. The Morgan fingerprint density at radius 2 is 2.14 bits per heavy atom. The normalized spacial score (nSPS) is 22.8. The third-order valence-electron chi connectivity index (χ3n) is 5.58. The van der Waals surface area contributed by atoms with Crippen molar-refractivity contribution in [3.63, 3.8) is 0 Å². The van der Waals surface area contributed by atoms with Crippen molar-refractivity contribution in [2.75, 3.05) is 6.54 Å². The number of hydrogen-bond donors (Lipinski definition) is 1. The van der Waals surface area contributed by atoms with E-state index in [2.05, 4.69) is 36.6 Å². The Morgan fingerprint density at radius 1 is 1.32 bits per heavy atom. The van der Waals surface area contributed by atoms with E-state index >= 15 is 0 Å². The summed E-state index contributed by atoms with van der Waals surface area (Å²) in [6, 6.07) is 6.78. The van der Waals surface area contributed by atoms with Crippen LogP contribution in [0.3, 0.4) is 0 Å². The van der Waals surface area contributed by atoms with E-state index in [-0.39, 0.29) is 5.41 Å². The molecule has 0 fully saturated rings. The zero-order valence-electron chi connectivity index (χ0n) is 13.7. The predicted octanol–water partition coefficient (Wildman–Crippen LogP) is 4.04. The van der Waals surface area contributed by atoms with Crippen LogP contribution in [0.15, 0.2) is 18.2 Å². The number of para-hydroxylation sites is 1. The van der Waals surface area contributed by atoms with Gasteiger partial charge in [-0.3, -0.25) is 4.79 Å². The quantitative estimate of drug-likeness (QED) is 0.636. The highest BCUT2D eigenvalue weighted by Crippen LogP contribution is 2.46. The van der Waals surface area contributed by atoms with Crippen molar-refractivity contribution < 1.29 is 14.5 Å². The van der Waals surface area contributed by atoms with Crippen LogP contribution in [0.1, 0.15) is 63.5 Å². The highest BCUT2D eigenvalue weighted by molar-refractivity contribution is 5.94. The zero-order chi connectivity index (χ0) is 15.7. The van der Waals surface area contributed by atoms with Gasteiger partial charge in [0.1, 0.15) is 6.54 Å². The second-order valence-corrected chi connectivity index (χ2v) is 6.94. The van der Waals surface area contributed by atoms with Crippen LogP contribution < -0.4 is 0 Å². The summed E-state index contributed by atoms with van der Waals surface area (Å²) in [5.41, 5.74) is 6.06. The Morgan fingerprint density at radius 3 is 2.91 bits per heavy atom. The summed E-state index contributed by atoms with van der Waals surface area (Å²) in [5, 5.41) is 8.74. The van der Waals surface area contributed by atoms with Gasteiger partial charge in [0.2, 0.25) is 5.69 Å². The van der Waals surface area contributed by atoms with Gasteiger partial charge in [-0.25, -0.2) is 0 Å². The Hall–Kier alpha value is -1.64. The first kappa shape index (κ1) is 15.3. The molecule has 2 heterocycles. The van der Waals surface area contributed by atoms with Gasteiger partial charge in [-0.1, -0.05) is 31.0 Å². The molecule has 1 aromatic rings. The number of benzene rings is 1. The molecule has 0 saturated carbocycles. The fraction of sp³-hybridized carbons (Fsp3) is 0.579. The lowest BCUT2D eigenvalue weighted by Gasteiger charge is -2.22. The van der Waals surface area contributed by atoms with Gasteiger partial charge < -0.3 is 5.11 Å². The summed E-state index contributed by atoms with van der Waals surface area (Å²) in [6.07, 6.45) is 6.74. The third kappa shape index (κ3) is 2.47. The molecule has 1 unspecified atom stereocenters. The minimum atomic E-state index is -0.679. The molecule has 2 aliphatic rings. The number of carboxylic acids is 1. The molecule has 3 nitrogen and oxygen atoms in total. The van der Waals surface area contributed by atoms with Crippen molar-refractivity contribution in [1.29, 1.82) is 0 Å². The molecule has 3 heteroatoms. The molecule has 0 amide bonds. The standard InChI is InChI=1S/C19H25NO2/c1-14-19(2,12-5-3-4-11-17(21)22)16-10-6-8-15-9-7-13-20(14)18(15)16/h6,8,10H,3-5,7,9,11-13H2,1-2H3/p+1. The molecule has 0 bridgehead atoms. The Kier molecular flexibility index (Phi) is 4.07. The van der Waals surface area contributed by atoms with Gasteiger partial charge in [-0.15, -0.1) is 0 Å². The van der Waals surface area contributed by atoms with E-state index in [4.69, 9.17) is 5.11 Å². The maximum absolute atomic E-state index is 10.6. The second-order valence-electron chi connectivity index (χ2n) is 6.94. The van der Waals surface area contributed by atoms with E-state index in [0.717, 1.165) is 32.2 Å². The van der Waals surface area contributed by atoms with Crippen LogP contribution in [0.4, 0.5) is 5.69 Å². The summed E-state index contributed by atoms with van der Waals surface area (Å²) in [4.78, 5) is 10.6. The van der Waals surface area contributed by atoms with Crippen LogP contribution in [0, 0.1) is 0 Å². The van der Waals surface area contributed by atoms with E-state index in [1.807, 2.05) is 0 Å². The molecule has 0 aromatic heterocycles. The lowest BCUT2D eigenvalue weighted by molar-refractivity contribution is -0.444. The maximum atomic E-state index is 10.6. The number of nitrogens with zero attached hydrogens (tertiary/aromatic N) is 1. The maximum Gasteiger partial charge on any atom is 0.303 e. The first-order chi connectivity index (χ1) is 10.5. The summed E-state index contributed by atoms with van der Waals surface area (Å²) in [7, 11) is 0. The molecular weight excluding hydrogens is 274 g/mol. The first-order valence-corrected chi connectivity index (χ1v) is 8.50. The number of hydrogen-bond acceptors (Lipinski definition) is 1. The van der Waals surface area contributed by atoms with Crippen LogP contribution in [0.25, 0.3) is 0 Å². The van der Waals surface area contributed by atoms with Gasteiger partial charge in [0.05, 0.1) is 5.41 Å². The molecule has 0 radical (unpaired) electrons. The molecule has 0 saturated heterocycles. The molecule has 2 aliphatic heterocycles. The van der Waals surface area contributed by atoms with Crippen molar-refractivity contribution in [3.05, 3.63) is 29.3 Å². The highest BCUT2D eigenvalue weighted by Gasteiger charge is 2.47. The fourth-order valence-electron chi connectivity index (χ4n) is 4.17. The molecule has 118 valence electrons. The van der Waals surface area contributed by atoms with Gasteiger partial charge >= 0.3 is 5.97 Å². The number of carbonyl (C=O) groups is 1. The molecule has 1 aromatic carbocycles. The van der Waals surface area contributed by atoms with Crippen LogP contribution in [-0.4, -0.2) is 27.9 Å². The SMILES string of the molecule is CC1=[N+]2CCCc3cccc(c32)C1(C)CCCCCC(=O)O. The van der Waals surface area contributed by atoms with Gasteiger partial charge in [-0.05, 0) is 26.2 Å². The van der Waals surface area contributed by atoms with Gasteiger partial charge in [0.25, 0.3) is 0 Å². The van der Waals surface area contributed by atoms with E-state index in [9.17, 15) is 4.79 Å². The van der Waals surface area contributed by atoms with Gasteiger partial charge in [0, 0.05) is 30.9 Å². The van der Waals surface area contributed by atoms with Gasteiger partial charge in [-0.2, -0.15) is 4.58 Å². The Labute approximate surface area is 132 Å². The molecule has 0 spiro atoms. The molecular formula is C19H26NO2+. The molecule has 0 aliphatic carbocycles. The largest absolute Gasteiger partial charge is 0.481 e. The summed E-state index contributed by atoms with van der Waals surface area (Å²) < 4.78 is 2.53. The minimum absolute atomic E-state index is 0.124. The van der Waals surface area contributed by atoms with Gasteiger partial charge in [0.15, 0.2) is 5.71 Å². The topological polar surface area (TPSA) is 40.3 Å². The lowest BCUT2D eigenvalue weighted by atomic mass is 9.75. The molecule has 22 heavy (non-hydrogen) atoms. The summed E-state index contributed by atoms with van der Waals surface area (Å²) >= 11 is 0. The number of unbranched alkanes of at least 4 members (excludes halogenated alkanes) is 2. The predicted molar refractivity (Wildman–Crippen MR) is 88.3 cm³/mol. The first-order valence-electron chi connectivity index (χ1n) is 8.50. The van der Waals surface area contributed by atoms with Crippen LogP contribution in [-0.2, 0) is 16.6 Å². The van der Waals surface area contributed by atoms with E-state index in [0.29, 0.717) is 6.42 Å². The summed E-state index contributed by atoms with van der Waals surface area (Å²) in [6.45, 7) is 5.80. The van der Waals surface area contributed by atoms with E-state index in [1.165, 1.54) is 35.4 Å². The smallest absolute Gasteiger partial charge is 0.303 e. The van der Waals surface area contributed by atoms with Crippen LogP contribution in [0.2, 0.25) is 0 Å². The van der Waals surface area contributed by atoms with Crippen molar-refractivity contribution in [1.82, 2.24) is 0 Å². The minimum Gasteiger partial charge on any atom is -0.481 e. The molecule has 1 atom stereocenters. The zero-order valence-corrected chi connectivity index (χ0v) is 13.7. The highest BCUT2D eigenvalue weighted by atomic mass is 16.4. The van der Waals surface area contributed by atoms with E-state index in [1.54, 1.807) is 0 Å². The monoisotopic (exact) mass is 300 g/mol. The second kappa shape index (κ2) is 5.86. The summed E-state index contributed by atoms with van der Waals surface area (Å²) in [5.74, 6) is -0.679. The van der Waals surface area contributed by atoms with Crippen LogP contribution in [0.5, 0.6) is 0 Å². The van der Waals surface area contributed by atoms with Crippen molar-refractivity contribution >= 4 is 17.4 Å². The average Bonchev–Trinajstić information content (AvgIpc) is 2.72. The number of carboxylic acid groups (broad SMARTS) is 1. The molecule has 3 rings (SSSR count). The number of rotatable bonds is 6. The fourth-order valence-corrected chi connectivity index (χ4v) is 4.17. The molecule has 1 N–H and O–H groups in total. The van der Waals surface area contributed by atoms with Crippen molar-refractivity contribution in [3.8, 4) is 0 Å². The van der Waals surface area contributed by atoms with Crippen molar-refractivity contribution in [2.45, 2.75) is 64.2 Å². The third-order valence-corrected chi connectivity index (χ3v) is 5.58. The van der Waals surface area contributed by atoms with Crippen LogP contribution >= 0.6 is 0 Å². The van der Waals surface area contributed by atoms with E-state index < -0.39 is 5.97 Å². The number of aryl methyl sites for hydroxylation is 1. The Bertz CT molecular complexity index is 632. The van der Waals surface area contributed by atoms with Crippen molar-refractivity contribution in [2.24, 2.45) is 0 Å². The number of aliphatic carboxylic acids is 1. The Balaban J connectivity index is 1.78.